The summed E-state index contributed by atoms with van der Waals surface area (Å²) in [6.45, 7) is 1.05. The minimum Gasteiger partial charge on any atom is -0.319 e. The predicted octanol–water partition coefficient (Wildman–Crippen LogP) is 2.64. The van der Waals surface area contributed by atoms with Crippen LogP contribution in [0.1, 0.15) is 43.7 Å². The lowest BCUT2D eigenvalue weighted by Crippen LogP contribution is -2.46. The minimum absolute atomic E-state index is 0.719. The van der Waals surface area contributed by atoms with E-state index in [1.165, 1.54) is 37.7 Å². The molecular formula is C16H25N3. The molecular weight excluding hydrogens is 234 g/mol. The van der Waals surface area contributed by atoms with Crippen molar-refractivity contribution >= 4 is 0 Å². The molecule has 3 heteroatoms. The van der Waals surface area contributed by atoms with Gasteiger partial charge < -0.3 is 5.32 Å². The predicted molar refractivity (Wildman–Crippen MR) is 75.9 cm³/mol. The van der Waals surface area contributed by atoms with Crippen LogP contribution in [0.3, 0.4) is 0 Å². The van der Waals surface area contributed by atoms with Gasteiger partial charge in [-0.05, 0) is 81.4 Å². The van der Waals surface area contributed by atoms with E-state index in [9.17, 15) is 0 Å². The molecule has 104 valence electrons. The van der Waals surface area contributed by atoms with E-state index >= 15 is 0 Å². The first kappa shape index (κ1) is 12.0. The third kappa shape index (κ3) is 2.03. The van der Waals surface area contributed by atoms with Crippen LogP contribution in [0.2, 0.25) is 0 Å². The molecule has 4 fully saturated rings. The van der Waals surface area contributed by atoms with E-state index in [1.54, 1.807) is 0 Å². The van der Waals surface area contributed by atoms with Crippen LogP contribution in [0, 0.1) is 23.7 Å². The highest BCUT2D eigenvalue weighted by Crippen LogP contribution is 2.58. The zero-order chi connectivity index (χ0) is 12.8. The van der Waals surface area contributed by atoms with Crippen molar-refractivity contribution in [3.63, 3.8) is 0 Å². The van der Waals surface area contributed by atoms with Crippen molar-refractivity contribution in [1.29, 1.82) is 0 Å². The standard InChI is InChI=1S/C16H25N3/c1-17-3-2-11-9-18-19(10-11)16-14-5-12-4-13(7-14)8-15(16)6-12/h9-10,12-17H,2-8H2,1H3. The first-order chi connectivity index (χ1) is 9.33. The maximum absolute atomic E-state index is 4.70. The molecule has 0 spiro atoms. The molecule has 0 aromatic carbocycles. The van der Waals surface area contributed by atoms with Gasteiger partial charge in [0.1, 0.15) is 0 Å². The van der Waals surface area contributed by atoms with Crippen LogP contribution in [0.25, 0.3) is 0 Å². The summed E-state index contributed by atoms with van der Waals surface area (Å²) in [6.07, 6.45) is 12.9. The van der Waals surface area contributed by atoms with Crippen molar-refractivity contribution in [2.24, 2.45) is 23.7 Å². The Kier molecular flexibility index (Phi) is 2.91. The molecule has 4 aliphatic rings. The molecule has 3 nitrogen and oxygen atoms in total. The van der Waals surface area contributed by atoms with Crippen molar-refractivity contribution in [1.82, 2.24) is 15.1 Å². The Labute approximate surface area is 115 Å². The Morgan fingerprint density at radius 1 is 1.16 bits per heavy atom. The van der Waals surface area contributed by atoms with Gasteiger partial charge in [-0.2, -0.15) is 5.10 Å². The van der Waals surface area contributed by atoms with Crippen LogP contribution in [-0.4, -0.2) is 23.4 Å². The average Bonchev–Trinajstić information content (AvgIpc) is 2.83. The van der Waals surface area contributed by atoms with Gasteiger partial charge in [0.25, 0.3) is 0 Å². The number of aromatic nitrogens is 2. The highest BCUT2D eigenvalue weighted by atomic mass is 15.3. The Morgan fingerprint density at radius 3 is 2.47 bits per heavy atom. The molecule has 1 aromatic heterocycles. The van der Waals surface area contributed by atoms with E-state index in [0.29, 0.717) is 0 Å². The third-order valence-corrected chi connectivity index (χ3v) is 5.80. The monoisotopic (exact) mass is 259 g/mol. The zero-order valence-corrected chi connectivity index (χ0v) is 11.9. The summed E-state index contributed by atoms with van der Waals surface area (Å²) in [5.74, 6) is 3.96. The summed E-state index contributed by atoms with van der Waals surface area (Å²) in [7, 11) is 2.02. The van der Waals surface area contributed by atoms with Gasteiger partial charge >= 0.3 is 0 Å². The molecule has 4 saturated carbocycles. The summed E-state index contributed by atoms with van der Waals surface area (Å²) in [4.78, 5) is 0. The largest absolute Gasteiger partial charge is 0.319 e. The second-order valence-corrected chi connectivity index (χ2v) is 7.10. The Balaban J connectivity index is 1.54. The highest BCUT2D eigenvalue weighted by molar-refractivity contribution is 5.08. The van der Waals surface area contributed by atoms with E-state index in [4.69, 9.17) is 5.10 Å². The summed E-state index contributed by atoms with van der Waals surface area (Å²) in [6, 6.07) is 0.719. The normalized spacial score (nSPS) is 39.9. The summed E-state index contributed by atoms with van der Waals surface area (Å²) >= 11 is 0. The van der Waals surface area contributed by atoms with Crippen LogP contribution < -0.4 is 5.32 Å². The number of rotatable bonds is 4. The maximum Gasteiger partial charge on any atom is 0.0576 e. The van der Waals surface area contributed by atoms with Gasteiger partial charge in [0.05, 0.1) is 12.2 Å². The molecule has 0 radical (unpaired) electrons. The Hall–Kier alpha value is -0.830. The first-order valence-electron chi connectivity index (χ1n) is 8.01. The molecule has 1 N–H and O–H groups in total. The highest BCUT2D eigenvalue weighted by Gasteiger charge is 2.49. The lowest BCUT2D eigenvalue weighted by atomic mass is 9.54. The van der Waals surface area contributed by atoms with Gasteiger partial charge in [-0.3, -0.25) is 4.68 Å². The fourth-order valence-corrected chi connectivity index (χ4v) is 5.27. The molecule has 1 aromatic rings. The van der Waals surface area contributed by atoms with Crippen LogP contribution >= 0.6 is 0 Å². The summed E-state index contributed by atoms with van der Waals surface area (Å²) in [5.41, 5.74) is 1.39. The number of nitrogens with one attached hydrogen (secondary N) is 1. The van der Waals surface area contributed by atoms with Gasteiger partial charge in [0, 0.05) is 6.20 Å². The Bertz CT molecular complexity index is 423. The second-order valence-electron chi connectivity index (χ2n) is 7.10. The van der Waals surface area contributed by atoms with Crippen LogP contribution in [0.4, 0.5) is 0 Å². The Morgan fingerprint density at radius 2 is 1.84 bits per heavy atom. The van der Waals surface area contributed by atoms with Gasteiger partial charge in [0.2, 0.25) is 0 Å². The molecule has 0 atom stereocenters. The smallest absolute Gasteiger partial charge is 0.0576 e. The summed E-state index contributed by atoms with van der Waals surface area (Å²) < 4.78 is 2.33. The molecule has 0 amide bonds. The van der Waals surface area contributed by atoms with Crippen LogP contribution in [0.15, 0.2) is 12.4 Å². The van der Waals surface area contributed by atoms with Crippen LogP contribution in [-0.2, 0) is 6.42 Å². The average molecular weight is 259 g/mol. The topological polar surface area (TPSA) is 29.9 Å². The molecule has 0 unspecified atom stereocenters. The van der Waals surface area contributed by atoms with E-state index in [1.807, 2.05) is 7.05 Å². The molecule has 19 heavy (non-hydrogen) atoms. The van der Waals surface area contributed by atoms with Crippen molar-refractivity contribution in [2.75, 3.05) is 13.6 Å². The fraction of sp³-hybridized carbons (Fsp3) is 0.812. The zero-order valence-electron chi connectivity index (χ0n) is 11.9. The molecule has 1 heterocycles. The molecule has 5 rings (SSSR count). The van der Waals surface area contributed by atoms with Crippen molar-refractivity contribution < 1.29 is 0 Å². The molecule has 0 aliphatic heterocycles. The van der Waals surface area contributed by atoms with Crippen molar-refractivity contribution in [2.45, 2.75) is 44.6 Å². The van der Waals surface area contributed by atoms with Gasteiger partial charge in [-0.1, -0.05) is 0 Å². The maximum atomic E-state index is 4.70. The van der Waals surface area contributed by atoms with E-state index < -0.39 is 0 Å². The van der Waals surface area contributed by atoms with Crippen LogP contribution in [0.5, 0.6) is 0 Å². The lowest BCUT2D eigenvalue weighted by Gasteiger charge is -2.54. The number of nitrogens with zero attached hydrogens (tertiary/aromatic N) is 2. The summed E-state index contributed by atoms with van der Waals surface area (Å²) in [5, 5.41) is 7.92. The van der Waals surface area contributed by atoms with E-state index in [2.05, 4.69) is 22.4 Å². The van der Waals surface area contributed by atoms with Gasteiger partial charge in [-0.15, -0.1) is 0 Å². The van der Waals surface area contributed by atoms with E-state index in [-0.39, 0.29) is 0 Å². The quantitative estimate of drug-likeness (QED) is 0.901. The SMILES string of the molecule is CNCCc1cnn(C2C3CC4CC(C3)CC2C4)c1. The first-order valence-corrected chi connectivity index (χ1v) is 8.01. The van der Waals surface area contributed by atoms with Crippen molar-refractivity contribution in [3.05, 3.63) is 18.0 Å². The van der Waals surface area contributed by atoms with E-state index in [0.717, 1.165) is 42.7 Å². The number of hydrogen-bond acceptors (Lipinski definition) is 2. The second kappa shape index (κ2) is 4.62. The fourth-order valence-electron chi connectivity index (χ4n) is 5.27. The van der Waals surface area contributed by atoms with Gasteiger partial charge in [0.15, 0.2) is 0 Å². The molecule has 4 aliphatic carbocycles. The molecule has 0 saturated heterocycles. The van der Waals surface area contributed by atoms with Gasteiger partial charge in [-0.25, -0.2) is 0 Å². The number of hydrogen-bond donors (Lipinski definition) is 1. The third-order valence-electron chi connectivity index (χ3n) is 5.80. The van der Waals surface area contributed by atoms with Crippen molar-refractivity contribution in [3.8, 4) is 0 Å². The lowest BCUT2D eigenvalue weighted by molar-refractivity contribution is -0.0336. The minimum atomic E-state index is 0.719. The molecule has 4 bridgehead atoms. The number of likely N-dealkylation sites (N-methyl/N-ethyl adjacent to an activating group) is 1.